The van der Waals surface area contributed by atoms with Crippen molar-refractivity contribution in [2.45, 2.75) is 56.0 Å². The summed E-state index contributed by atoms with van der Waals surface area (Å²) in [4.78, 5) is 37.7. The van der Waals surface area contributed by atoms with Crippen LogP contribution < -0.4 is 5.32 Å². The second kappa shape index (κ2) is 8.84. The van der Waals surface area contributed by atoms with E-state index in [4.69, 9.17) is 4.55 Å². The van der Waals surface area contributed by atoms with Gasteiger partial charge in [0, 0.05) is 18.5 Å². The van der Waals surface area contributed by atoms with Gasteiger partial charge in [0.15, 0.2) is 0 Å². The molecule has 9 heteroatoms. The second-order valence-electron chi connectivity index (χ2n) is 8.22. The molecule has 8 nitrogen and oxygen atoms in total. The van der Waals surface area contributed by atoms with Crippen molar-refractivity contribution in [3.05, 3.63) is 64.7 Å². The number of piperidine rings is 1. The van der Waals surface area contributed by atoms with Crippen molar-refractivity contribution in [1.82, 2.24) is 10.2 Å². The van der Waals surface area contributed by atoms with Crippen molar-refractivity contribution in [3.63, 3.8) is 0 Å². The van der Waals surface area contributed by atoms with Gasteiger partial charge in [-0.25, -0.2) is 0 Å². The number of benzene rings is 2. The van der Waals surface area contributed by atoms with Crippen molar-refractivity contribution in [1.29, 1.82) is 0 Å². The minimum Gasteiger partial charge on any atom is -0.322 e. The number of amides is 3. The first-order valence-electron chi connectivity index (χ1n) is 10.6. The number of nitrogens with one attached hydrogen (secondary N) is 1. The lowest BCUT2D eigenvalue weighted by molar-refractivity contribution is -0.136. The molecule has 4 rings (SSSR count). The largest absolute Gasteiger partial charge is 0.322 e. The van der Waals surface area contributed by atoms with Crippen LogP contribution in [0.2, 0.25) is 0 Å². The van der Waals surface area contributed by atoms with Gasteiger partial charge in [0.25, 0.3) is 16.0 Å². The maximum atomic E-state index is 12.7. The van der Waals surface area contributed by atoms with Crippen LogP contribution in [-0.4, -0.2) is 41.6 Å². The molecule has 2 aromatic carbocycles. The Balaban J connectivity index is 1.31. The lowest BCUT2D eigenvalue weighted by Crippen LogP contribution is -2.52. The molecule has 0 radical (unpaired) electrons. The van der Waals surface area contributed by atoms with E-state index >= 15 is 0 Å². The Kier molecular flexibility index (Phi) is 6.12. The second-order valence-corrected chi connectivity index (χ2v) is 9.64. The molecule has 2 heterocycles. The topological polar surface area (TPSA) is 121 Å². The summed E-state index contributed by atoms with van der Waals surface area (Å²) in [7, 11) is -4.17. The molecular weight excluding hydrogens is 432 g/mol. The molecule has 168 valence electrons. The van der Waals surface area contributed by atoms with Crippen LogP contribution in [0, 0.1) is 0 Å². The molecule has 2 N–H and O–H groups in total. The third-order valence-corrected chi connectivity index (χ3v) is 6.86. The maximum Gasteiger partial charge on any atom is 0.294 e. The van der Waals surface area contributed by atoms with Crippen molar-refractivity contribution in [2.24, 2.45) is 0 Å². The zero-order valence-corrected chi connectivity index (χ0v) is 18.2. The number of hydrogen-bond acceptors (Lipinski definition) is 5. The first-order valence-corrected chi connectivity index (χ1v) is 12.0. The molecule has 0 saturated carbocycles. The summed E-state index contributed by atoms with van der Waals surface area (Å²) >= 11 is 0. The molecule has 1 saturated heterocycles. The number of hydrogen-bond donors (Lipinski definition) is 2. The van der Waals surface area contributed by atoms with E-state index in [9.17, 15) is 22.8 Å². The number of rotatable bonds is 7. The minimum absolute atomic E-state index is 0.111. The number of nitrogens with zero attached hydrogens (tertiary/aromatic N) is 1. The van der Waals surface area contributed by atoms with Gasteiger partial charge >= 0.3 is 0 Å². The van der Waals surface area contributed by atoms with Gasteiger partial charge in [-0.15, -0.1) is 0 Å². The fraction of sp³-hybridized carbons (Fsp3) is 0.348. The summed E-state index contributed by atoms with van der Waals surface area (Å²) < 4.78 is 31.2. The van der Waals surface area contributed by atoms with E-state index in [1.807, 2.05) is 18.2 Å². The number of carbonyl (C=O) groups is 3. The van der Waals surface area contributed by atoms with Gasteiger partial charge in [-0.3, -0.25) is 24.3 Å². The SMILES string of the molecule is O=C1CCC(N2Cc3cc(CCCCc4ccc(S(=O)(=O)O)cc4)ccc3C2=O)C(=O)N1. The summed E-state index contributed by atoms with van der Waals surface area (Å²) in [6.07, 6.45) is 4.04. The van der Waals surface area contributed by atoms with Crippen molar-refractivity contribution >= 4 is 27.8 Å². The van der Waals surface area contributed by atoms with E-state index < -0.39 is 22.1 Å². The average molecular weight is 457 g/mol. The van der Waals surface area contributed by atoms with Gasteiger partial charge in [-0.05, 0) is 67.0 Å². The summed E-state index contributed by atoms with van der Waals surface area (Å²) in [6, 6.07) is 11.4. The Morgan fingerprint density at radius 3 is 2.28 bits per heavy atom. The van der Waals surface area contributed by atoms with Gasteiger partial charge in [0.1, 0.15) is 6.04 Å². The van der Waals surface area contributed by atoms with Crippen LogP contribution in [0.25, 0.3) is 0 Å². The predicted molar refractivity (Wildman–Crippen MR) is 115 cm³/mol. The lowest BCUT2D eigenvalue weighted by Gasteiger charge is -2.29. The number of unbranched alkanes of at least 4 members (excludes halogenated alkanes) is 1. The molecule has 1 fully saturated rings. The molecule has 0 bridgehead atoms. The van der Waals surface area contributed by atoms with E-state index in [-0.39, 0.29) is 23.1 Å². The third kappa shape index (κ3) is 4.73. The highest BCUT2D eigenvalue weighted by molar-refractivity contribution is 7.85. The summed E-state index contributed by atoms with van der Waals surface area (Å²) in [5, 5.41) is 2.31. The Labute approximate surface area is 186 Å². The normalized spacial score (nSPS) is 18.6. The van der Waals surface area contributed by atoms with Gasteiger partial charge < -0.3 is 4.90 Å². The van der Waals surface area contributed by atoms with Gasteiger partial charge in [0.05, 0.1) is 4.90 Å². The first-order chi connectivity index (χ1) is 15.2. The van der Waals surface area contributed by atoms with E-state index in [1.54, 1.807) is 17.0 Å². The Bertz CT molecular complexity index is 1170. The van der Waals surface area contributed by atoms with Crippen LogP contribution in [0.5, 0.6) is 0 Å². The van der Waals surface area contributed by atoms with Gasteiger partial charge in [0.2, 0.25) is 11.8 Å². The quantitative estimate of drug-likeness (QED) is 0.375. The number of aryl methyl sites for hydroxylation is 2. The number of fused-ring (bicyclic) bond motifs is 1. The smallest absolute Gasteiger partial charge is 0.294 e. The number of carbonyl (C=O) groups excluding carboxylic acids is 3. The molecule has 32 heavy (non-hydrogen) atoms. The molecule has 1 atom stereocenters. The van der Waals surface area contributed by atoms with E-state index in [0.29, 0.717) is 18.5 Å². The highest BCUT2D eigenvalue weighted by Crippen LogP contribution is 2.28. The van der Waals surface area contributed by atoms with Crippen LogP contribution in [0.3, 0.4) is 0 Å². The van der Waals surface area contributed by atoms with E-state index in [2.05, 4.69) is 5.32 Å². The zero-order valence-electron chi connectivity index (χ0n) is 17.4. The Hall–Kier alpha value is -3.04. The fourth-order valence-corrected chi connectivity index (χ4v) is 4.75. The van der Waals surface area contributed by atoms with E-state index in [1.165, 1.54) is 12.1 Å². The molecule has 0 aliphatic carbocycles. The highest BCUT2D eigenvalue weighted by Gasteiger charge is 2.38. The zero-order chi connectivity index (χ0) is 22.9. The van der Waals surface area contributed by atoms with Crippen molar-refractivity contribution in [2.75, 3.05) is 0 Å². The summed E-state index contributed by atoms with van der Waals surface area (Å²) in [5.41, 5.74) is 3.62. The Morgan fingerprint density at radius 1 is 0.969 bits per heavy atom. The third-order valence-electron chi connectivity index (χ3n) is 5.99. The van der Waals surface area contributed by atoms with Gasteiger partial charge in [-0.1, -0.05) is 24.3 Å². The van der Waals surface area contributed by atoms with E-state index in [0.717, 1.165) is 42.4 Å². The standard InChI is InChI=1S/C23H24N2O6S/c26-21-12-11-20(22(27)24-21)25-14-17-13-16(7-10-19(17)23(25)28)4-2-1-3-15-5-8-18(9-6-15)32(29,30)31/h5-10,13,20H,1-4,11-12,14H2,(H,24,26,27)(H,29,30,31). The Morgan fingerprint density at radius 2 is 1.62 bits per heavy atom. The van der Waals surface area contributed by atoms with Crippen LogP contribution in [0.15, 0.2) is 47.4 Å². The summed E-state index contributed by atoms with van der Waals surface area (Å²) in [5.74, 6) is -0.881. The molecule has 1 unspecified atom stereocenters. The molecule has 2 aromatic rings. The molecule has 0 spiro atoms. The average Bonchev–Trinajstić information content (AvgIpc) is 3.06. The highest BCUT2D eigenvalue weighted by atomic mass is 32.2. The monoisotopic (exact) mass is 456 g/mol. The fourth-order valence-electron chi connectivity index (χ4n) is 4.27. The molecular formula is C23H24N2O6S. The number of imide groups is 1. The van der Waals surface area contributed by atoms with Crippen molar-refractivity contribution in [3.8, 4) is 0 Å². The summed E-state index contributed by atoms with van der Waals surface area (Å²) in [6.45, 7) is 0.369. The maximum absolute atomic E-state index is 12.7. The molecule has 0 aromatic heterocycles. The first kappa shape index (κ1) is 22.2. The molecule has 3 amide bonds. The minimum atomic E-state index is -4.17. The van der Waals surface area contributed by atoms with Crippen LogP contribution in [0.4, 0.5) is 0 Å². The molecule has 2 aliphatic rings. The lowest BCUT2D eigenvalue weighted by atomic mass is 10.0. The van der Waals surface area contributed by atoms with Crippen LogP contribution in [-0.2, 0) is 39.1 Å². The van der Waals surface area contributed by atoms with Gasteiger partial charge in [-0.2, -0.15) is 8.42 Å². The van der Waals surface area contributed by atoms with Crippen LogP contribution in [0.1, 0.15) is 52.7 Å². The molecule has 2 aliphatic heterocycles. The van der Waals surface area contributed by atoms with Crippen molar-refractivity contribution < 1.29 is 27.4 Å². The van der Waals surface area contributed by atoms with Crippen LogP contribution >= 0.6 is 0 Å². The predicted octanol–water partition coefficient (Wildman–Crippen LogP) is 2.26.